The molecule has 1 aromatic carbocycles. The van der Waals surface area contributed by atoms with Gasteiger partial charge in [0.1, 0.15) is 11.6 Å². The maximum atomic E-state index is 13.6. The van der Waals surface area contributed by atoms with Gasteiger partial charge in [-0.25, -0.2) is 13.6 Å². The number of nitrogens with zero attached hydrogens (tertiary/aromatic N) is 1. The van der Waals surface area contributed by atoms with E-state index in [0.29, 0.717) is 5.56 Å². The van der Waals surface area contributed by atoms with E-state index in [1.807, 2.05) is 0 Å². The van der Waals surface area contributed by atoms with E-state index in [1.54, 1.807) is 6.92 Å². The van der Waals surface area contributed by atoms with Crippen LogP contribution in [0.2, 0.25) is 0 Å². The van der Waals surface area contributed by atoms with Crippen molar-refractivity contribution in [3.63, 3.8) is 0 Å². The van der Waals surface area contributed by atoms with Gasteiger partial charge in [0.05, 0.1) is 23.5 Å². The Balaban J connectivity index is 2.25. The second-order valence-corrected chi connectivity index (χ2v) is 4.30. The molecule has 0 radical (unpaired) electrons. The summed E-state index contributed by atoms with van der Waals surface area (Å²) in [5.41, 5.74) is 0.547. The fourth-order valence-electron chi connectivity index (χ4n) is 1.75. The highest BCUT2D eigenvalue weighted by Crippen LogP contribution is 2.23. The van der Waals surface area contributed by atoms with Gasteiger partial charge in [-0.05, 0) is 36.8 Å². The summed E-state index contributed by atoms with van der Waals surface area (Å²) >= 11 is 0. The smallest absolute Gasteiger partial charge is 0.335 e. The lowest BCUT2D eigenvalue weighted by Gasteiger charge is -2.16. The summed E-state index contributed by atoms with van der Waals surface area (Å²) < 4.78 is 26.7. The molecular formula is C14H12F2N2O2. The molecule has 1 atom stereocenters. The molecule has 2 rings (SSSR count). The summed E-state index contributed by atoms with van der Waals surface area (Å²) in [5, 5.41) is 11.7. The summed E-state index contributed by atoms with van der Waals surface area (Å²) in [7, 11) is 0. The Hall–Kier alpha value is -2.50. The molecule has 1 heterocycles. The first-order valence-electron chi connectivity index (χ1n) is 5.87. The van der Waals surface area contributed by atoms with Gasteiger partial charge in [-0.1, -0.05) is 0 Å². The molecular weight excluding hydrogens is 266 g/mol. The number of carboxylic acids is 1. The molecule has 0 aliphatic rings. The van der Waals surface area contributed by atoms with Crippen LogP contribution < -0.4 is 5.32 Å². The van der Waals surface area contributed by atoms with Gasteiger partial charge in [0, 0.05) is 6.20 Å². The SMILES string of the molecule is CC(Nc1cc(C(=O)O)ccc1F)c1cncc(F)c1. The van der Waals surface area contributed by atoms with Crippen LogP contribution in [0.5, 0.6) is 0 Å². The van der Waals surface area contributed by atoms with Crippen molar-refractivity contribution in [1.29, 1.82) is 0 Å². The van der Waals surface area contributed by atoms with Crippen LogP contribution in [-0.2, 0) is 0 Å². The van der Waals surface area contributed by atoms with E-state index in [0.717, 1.165) is 12.3 Å². The van der Waals surface area contributed by atoms with Crippen molar-refractivity contribution in [2.75, 3.05) is 5.32 Å². The molecule has 0 amide bonds. The predicted octanol–water partition coefficient (Wildman–Crippen LogP) is 3.23. The van der Waals surface area contributed by atoms with Gasteiger partial charge in [0.15, 0.2) is 0 Å². The number of pyridine rings is 1. The molecule has 0 aliphatic heterocycles. The fourth-order valence-corrected chi connectivity index (χ4v) is 1.75. The van der Waals surface area contributed by atoms with Crippen LogP contribution >= 0.6 is 0 Å². The molecule has 0 saturated carbocycles. The van der Waals surface area contributed by atoms with Gasteiger partial charge in [-0.15, -0.1) is 0 Å². The highest BCUT2D eigenvalue weighted by atomic mass is 19.1. The minimum atomic E-state index is -1.15. The number of benzene rings is 1. The Morgan fingerprint density at radius 3 is 2.70 bits per heavy atom. The Labute approximate surface area is 114 Å². The average Bonchev–Trinajstić information content (AvgIpc) is 2.41. The van der Waals surface area contributed by atoms with E-state index in [4.69, 9.17) is 5.11 Å². The maximum absolute atomic E-state index is 13.6. The minimum Gasteiger partial charge on any atom is -0.478 e. The van der Waals surface area contributed by atoms with E-state index in [1.165, 1.54) is 24.4 Å². The Kier molecular flexibility index (Phi) is 3.93. The molecule has 6 heteroatoms. The number of carbonyl (C=O) groups is 1. The topological polar surface area (TPSA) is 62.2 Å². The van der Waals surface area contributed by atoms with Gasteiger partial charge in [-0.3, -0.25) is 4.98 Å². The number of halogens is 2. The zero-order chi connectivity index (χ0) is 14.7. The Morgan fingerprint density at radius 1 is 1.30 bits per heavy atom. The van der Waals surface area contributed by atoms with Gasteiger partial charge in [-0.2, -0.15) is 0 Å². The molecule has 1 aromatic heterocycles. The van der Waals surface area contributed by atoms with E-state index in [-0.39, 0.29) is 11.3 Å². The molecule has 2 aromatic rings. The standard InChI is InChI=1S/C14H12F2N2O2/c1-8(10-4-11(15)7-17-6-10)18-13-5-9(14(19)20)2-3-12(13)16/h2-8,18H,1H3,(H,19,20). The third kappa shape index (κ3) is 3.09. The lowest BCUT2D eigenvalue weighted by molar-refractivity contribution is 0.0697. The molecule has 0 bridgehead atoms. The molecule has 0 fully saturated rings. The molecule has 1 unspecified atom stereocenters. The normalized spacial score (nSPS) is 11.9. The molecule has 0 spiro atoms. The van der Waals surface area contributed by atoms with Crippen molar-refractivity contribution in [3.8, 4) is 0 Å². The van der Waals surface area contributed by atoms with E-state index < -0.39 is 23.6 Å². The molecule has 0 saturated heterocycles. The number of carboxylic acid groups (broad SMARTS) is 1. The minimum absolute atomic E-state index is 0.0292. The van der Waals surface area contributed by atoms with Crippen molar-refractivity contribution >= 4 is 11.7 Å². The molecule has 0 aliphatic carbocycles. The second-order valence-electron chi connectivity index (χ2n) is 4.30. The number of nitrogens with one attached hydrogen (secondary N) is 1. The number of hydrogen-bond acceptors (Lipinski definition) is 3. The third-order valence-electron chi connectivity index (χ3n) is 2.81. The zero-order valence-corrected chi connectivity index (χ0v) is 10.6. The lowest BCUT2D eigenvalue weighted by Crippen LogP contribution is -2.09. The summed E-state index contributed by atoms with van der Waals surface area (Å²) in [4.78, 5) is 14.6. The lowest BCUT2D eigenvalue weighted by atomic mass is 10.1. The van der Waals surface area contributed by atoms with Crippen LogP contribution in [0.4, 0.5) is 14.5 Å². The second kappa shape index (κ2) is 5.64. The van der Waals surface area contributed by atoms with E-state index in [9.17, 15) is 13.6 Å². The van der Waals surface area contributed by atoms with Gasteiger partial charge < -0.3 is 10.4 Å². The van der Waals surface area contributed by atoms with Crippen molar-refractivity contribution < 1.29 is 18.7 Å². The van der Waals surface area contributed by atoms with Gasteiger partial charge in [0.2, 0.25) is 0 Å². The largest absolute Gasteiger partial charge is 0.478 e. The van der Waals surface area contributed by atoms with Crippen LogP contribution in [0.3, 0.4) is 0 Å². The van der Waals surface area contributed by atoms with Crippen LogP contribution in [0.15, 0.2) is 36.7 Å². The van der Waals surface area contributed by atoms with Crippen LogP contribution in [0.25, 0.3) is 0 Å². The molecule has 2 N–H and O–H groups in total. The first kappa shape index (κ1) is 13.9. The predicted molar refractivity (Wildman–Crippen MR) is 69.6 cm³/mol. The van der Waals surface area contributed by atoms with Crippen molar-refractivity contribution in [2.45, 2.75) is 13.0 Å². The van der Waals surface area contributed by atoms with Crippen LogP contribution in [0.1, 0.15) is 28.9 Å². The van der Waals surface area contributed by atoms with Crippen molar-refractivity contribution in [2.24, 2.45) is 0 Å². The van der Waals surface area contributed by atoms with E-state index in [2.05, 4.69) is 10.3 Å². The molecule has 20 heavy (non-hydrogen) atoms. The van der Waals surface area contributed by atoms with Crippen molar-refractivity contribution in [3.05, 3.63) is 59.4 Å². The molecule has 4 nitrogen and oxygen atoms in total. The summed E-state index contributed by atoms with van der Waals surface area (Å²) in [5.74, 6) is -2.21. The summed E-state index contributed by atoms with van der Waals surface area (Å²) in [6, 6.07) is 4.31. The van der Waals surface area contributed by atoms with E-state index >= 15 is 0 Å². The summed E-state index contributed by atoms with van der Waals surface area (Å²) in [6.07, 6.45) is 2.53. The maximum Gasteiger partial charge on any atom is 0.335 e. The van der Waals surface area contributed by atoms with Crippen LogP contribution in [-0.4, -0.2) is 16.1 Å². The summed E-state index contributed by atoms with van der Waals surface area (Å²) in [6.45, 7) is 1.70. The number of anilines is 1. The monoisotopic (exact) mass is 278 g/mol. The third-order valence-corrected chi connectivity index (χ3v) is 2.81. The number of aromatic nitrogens is 1. The zero-order valence-electron chi connectivity index (χ0n) is 10.6. The number of hydrogen-bond donors (Lipinski definition) is 2. The van der Waals surface area contributed by atoms with Crippen LogP contribution in [0, 0.1) is 11.6 Å². The first-order valence-corrected chi connectivity index (χ1v) is 5.87. The quantitative estimate of drug-likeness (QED) is 0.901. The van der Waals surface area contributed by atoms with Gasteiger partial charge in [0.25, 0.3) is 0 Å². The average molecular weight is 278 g/mol. The first-order chi connectivity index (χ1) is 9.47. The number of rotatable bonds is 4. The highest BCUT2D eigenvalue weighted by molar-refractivity contribution is 5.88. The van der Waals surface area contributed by atoms with Crippen molar-refractivity contribution in [1.82, 2.24) is 4.98 Å². The fraction of sp³-hybridized carbons (Fsp3) is 0.143. The number of aromatic carboxylic acids is 1. The Morgan fingerprint density at radius 2 is 2.05 bits per heavy atom. The van der Waals surface area contributed by atoms with Gasteiger partial charge >= 0.3 is 5.97 Å². The molecule has 104 valence electrons. The highest BCUT2D eigenvalue weighted by Gasteiger charge is 2.12. The Bertz CT molecular complexity index is 647.